The Morgan fingerprint density at radius 2 is 0.774 bits per heavy atom. The van der Waals surface area contributed by atoms with Crippen LogP contribution in [0.2, 0.25) is 0 Å². The van der Waals surface area contributed by atoms with Crippen LogP contribution < -0.4 is 11.5 Å². The van der Waals surface area contributed by atoms with Crippen molar-refractivity contribution in [2.24, 2.45) is 11.5 Å². The largest absolute Gasteiger partial charge is 0.481 e. The molecule has 0 heterocycles. The van der Waals surface area contributed by atoms with E-state index in [0.29, 0.717) is 0 Å². The summed E-state index contributed by atoms with van der Waals surface area (Å²) in [7, 11) is 6.00. The van der Waals surface area contributed by atoms with Crippen LogP contribution in [-0.4, -0.2) is 43.1 Å². The zero-order valence-corrected chi connectivity index (χ0v) is 23.4. The summed E-state index contributed by atoms with van der Waals surface area (Å²) in [5.74, 6) is -1.17. The van der Waals surface area contributed by atoms with Crippen LogP contribution in [-0.2, 0) is 4.79 Å². The molecule has 0 bridgehead atoms. The van der Waals surface area contributed by atoms with Crippen molar-refractivity contribution in [1.82, 2.24) is 4.90 Å². The summed E-state index contributed by atoms with van der Waals surface area (Å²) >= 11 is 0. The van der Waals surface area contributed by atoms with Crippen molar-refractivity contribution in [3.05, 3.63) is 0 Å². The second kappa shape index (κ2) is 39.6. The summed E-state index contributed by atoms with van der Waals surface area (Å²) in [4.78, 5) is 11.0. The second-order valence-corrected chi connectivity index (χ2v) is 8.27. The fourth-order valence-corrected chi connectivity index (χ4v) is 2.62. The summed E-state index contributed by atoms with van der Waals surface area (Å²) < 4.78 is 0. The molecule has 7 heteroatoms. The maximum atomic E-state index is 9.00. The highest BCUT2D eigenvalue weighted by atomic mass is 31.0. The number of nitrogens with one attached hydrogen (secondary N) is 1. The van der Waals surface area contributed by atoms with E-state index in [-0.39, 0.29) is 15.9 Å². The van der Waals surface area contributed by atoms with Gasteiger partial charge in [-0.1, -0.05) is 117 Å². The van der Waals surface area contributed by atoms with E-state index < -0.39 is 5.97 Å². The van der Waals surface area contributed by atoms with E-state index in [4.69, 9.17) is 15.3 Å². The van der Waals surface area contributed by atoms with Crippen LogP contribution in [0.3, 0.4) is 0 Å². The lowest BCUT2D eigenvalue weighted by Crippen LogP contribution is -2.20. The Kier molecular flexibility index (Phi) is 51.7. The Morgan fingerprint density at radius 1 is 0.677 bits per heavy atom. The fourth-order valence-electron chi connectivity index (χ4n) is 2.62. The van der Waals surface area contributed by atoms with Gasteiger partial charge in [0.1, 0.15) is 0 Å². The van der Waals surface area contributed by atoms with Crippen LogP contribution in [0.15, 0.2) is 0 Å². The standard InChI is InChI=1S/C18H38.C3H9N.C2H4O2.CH5N3.H3P/c1-3-5-7-9-11-13-15-17-18-16-14-12-10-8-6-4-2;1-4(2)3;1-2(3)4;2-1(3)4;/h3-18H2,1-2H3;1-3H3;1H3,(H,3,4);(H5,2,3,4);1H3. The fraction of sp³-hybridized carbons (Fsp3) is 0.917. The maximum absolute atomic E-state index is 9.00. The Labute approximate surface area is 198 Å². The van der Waals surface area contributed by atoms with Gasteiger partial charge >= 0.3 is 0 Å². The number of nitrogens with two attached hydrogens (primary N) is 2. The van der Waals surface area contributed by atoms with Crippen molar-refractivity contribution < 1.29 is 9.90 Å². The first-order valence-electron chi connectivity index (χ1n) is 12.0. The molecule has 0 aliphatic heterocycles. The highest BCUT2D eigenvalue weighted by Gasteiger charge is 1.93. The number of unbranched alkanes of at least 4 members (excludes halogenated alkanes) is 15. The first kappa shape index (κ1) is 40.5. The summed E-state index contributed by atoms with van der Waals surface area (Å²) in [6, 6.07) is 0. The van der Waals surface area contributed by atoms with Gasteiger partial charge in [0.2, 0.25) is 0 Å². The van der Waals surface area contributed by atoms with Gasteiger partial charge in [-0.2, -0.15) is 9.90 Å². The molecule has 0 spiro atoms. The molecule has 0 saturated carbocycles. The minimum Gasteiger partial charge on any atom is -0.481 e. The van der Waals surface area contributed by atoms with Crippen LogP contribution in [0.5, 0.6) is 0 Å². The van der Waals surface area contributed by atoms with E-state index in [9.17, 15) is 0 Å². The third-order valence-electron chi connectivity index (χ3n) is 3.96. The van der Waals surface area contributed by atoms with E-state index in [0.717, 1.165) is 6.92 Å². The molecule has 1 atom stereocenters. The quantitative estimate of drug-likeness (QED) is 0.0959. The molecule has 0 aliphatic carbocycles. The van der Waals surface area contributed by atoms with Crippen molar-refractivity contribution in [3.63, 3.8) is 0 Å². The normalized spacial score (nSPS) is 9.13. The van der Waals surface area contributed by atoms with E-state index in [2.05, 4.69) is 25.3 Å². The molecule has 0 radical (unpaired) electrons. The van der Waals surface area contributed by atoms with Crippen molar-refractivity contribution in [3.8, 4) is 0 Å². The number of hydrogen-bond acceptors (Lipinski definition) is 3. The van der Waals surface area contributed by atoms with Crippen molar-refractivity contribution in [2.45, 2.75) is 124 Å². The van der Waals surface area contributed by atoms with E-state index in [1.165, 1.54) is 103 Å². The summed E-state index contributed by atoms with van der Waals surface area (Å²) in [5.41, 5.74) is 8.94. The van der Waals surface area contributed by atoms with Gasteiger partial charge in [0.25, 0.3) is 5.97 Å². The molecular formula is C24H59N4O2P. The number of aliphatic carboxylic acids is 1. The van der Waals surface area contributed by atoms with E-state index >= 15 is 0 Å². The molecule has 6 N–H and O–H groups in total. The predicted molar refractivity (Wildman–Crippen MR) is 145 cm³/mol. The van der Waals surface area contributed by atoms with Crippen LogP contribution >= 0.6 is 9.90 Å². The molecule has 6 nitrogen and oxygen atoms in total. The molecular weight excluding hydrogens is 407 g/mol. The summed E-state index contributed by atoms with van der Waals surface area (Å²) in [6.45, 7) is 5.67. The minimum absolute atomic E-state index is 0. The van der Waals surface area contributed by atoms with Gasteiger partial charge in [-0.15, -0.1) is 0 Å². The Hall–Kier alpha value is -0.870. The number of rotatable bonds is 15. The number of hydrogen-bond donors (Lipinski definition) is 4. The number of guanidine groups is 1. The average molecular weight is 467 g/mol. The van der Waals surface area contributed by atoms with Gasteiger partial charge < -0.3 is 21.5 Å². The SMILES string of the molecule is CC(=O)O.CCCCCCCCCCCCCCCCCC.CN(C)C.N=C(N)N.P. The lowest BCUT2D eigenvalue weighted by molar-refractivity contribution is -0.134. The van der Waals surface area contributed by atoms with Gasteiger partial charge in [-0.25, -0.2) is 0 Å². The van der Waals surface area contributed by atoms with Gasteiger partial charge in [-0.05, 0) is 21.1 Å². The predicted octanol–water partition coefficient (Wildman–Crippen LogP) is 6.43. The molecule has 0 aromatic rings. The molecule has 0 aromatic carbocycles. The average Bonchev–Trinajstić information content (AvgIpc) is 2.61. The number of carboxylic acid groups (broad SMARTS) is 1. The maximum Gasteiger partial charge on any atom is 0.300 e. The zero-order valence-electron chi connectivity index (χ0n) is 22.0. The zero-order chi connectivity index (χ0) is 24.0. The second-order valence-electron chi connectivity index (χ2n) is 8.27. The molecule has 0 aromatic heterocycles. The van der Waals surface area contributed by atoms with Crippen LogP contribution in [0.4, 0.5) is 0 Å². The molecule has 31 heavy (non-hydrogen) atoms. The highest BCUT2D eigenvalue weighted by molar-refractivity contribution is 6.92. The number of nitrogens with zero attached hydrogens (tertiary/aromatic N) is 1. The third-order valence-corrected chi connectivity index (χ3v) is 3.96. The molecule has 0 fully saturated rings. The lowest BCUT2D eigenvalue weighted by atomic mass is 10.0. The first-order valence-corrected chi connectivity index (χ1v) is 12.0. The third kappa shape index (κ3) is 107. The number of carbonyl (C=O) groups is 1. The van der Waals surface area contributed by atoms with Crippen LogP contribution in [0.25, 0.3) is 0 Å². The molecule has 0 aliphatic rings. The van der Waals surface area contributed by atoms with Gasteiger partial charge in [0.05, 0.1) is 0 Å². The molecule has 192 valence electrons. The van der Waals surface area contributed by atoms with Gasteiger partial charge in [0, 0.05) is 6.92 Å². The number of carboxylic acids is 1. The summed E-state index contributed by atoms with van der Waals surface area (Å²) in [5, 5.41) is 13.5. The minimum atomic E-state index is -0.833. The Bertz CT molecular complexity index is 292. The van der Waals surface area contributed by atoms with Crippen LogP contribution in [0, 0.1) is 5.41 Å². The first-order chi connectivity index (χ1) is 14.1. The Morgan fingerprint density at radius 3 is 0.871 bits per heavy atom. The Balaban J connectivity index is -0.000000142. The summed E-state index contributed by atoms with van der Waals surface area (Å²) in [6.07, 6.45) is 23.4. The van der Waals surface area contributed by atoms with E-state index in [1.54, 1.807) is 0 Å². The molecule has 0 amide bonds. The molecule has 0 rings (SSSR count). The molecule has 0 saturated heterocycles. The smallest absolute Gasteiger partial charge is 0.300 e. The van der Waals surface area contributed by atoms with Gasteiger partial charge in [0.15, 0.2) is 5.96 Å². The van der Waals surface area contributed by atoms with Crippen molar-refractivity contribution in [1.29, 1.82) is 5.41 Å². The van der Waals surface area contributed by atoms with E-state index in [1.807, 2.05) is 26.0 Å². The molecule has 1 unspecified atom stereocenters. The van der Waals surface area contributed by atoms with Crippen LogP contribution in [0.1, 0.15) is 124 Å². The van der Waals surface area contributed by atoms with Crippen molar-refractivity contribution in [2.75, 3.05) is 21.1 Å². The van der Waals surface area contributed by atoms with Crippen molar-refractivity contribution >= 4 is 21.8 Å². The lowest BCUT2D eigenvalue weighted by Gasteiger charge is -2.03. The highest BCUT2D eigenvalue weighted by Crippen LogP contribution is 2.13. The monoisotopic (exact) mass is 466 g/mol. The topological polar surface area (TPSA) is 116 Å². The van der Waals surface area contributed by atoms with Gasteiger partial charge in [-0.3, -0.25) is 10.2 Å².